The van der Waals surface area contributed by atoms with Gasteiger partial charge in [0.25, 0.3) is 0 Å². The molecule has 0 amide bonds. The van der Waals surface area contributed by atoms with Crippen LogP contribution in [0.4, 0.5) is 0 Å². The molecule has 0 aliphatic heterocycles. The Bertz CT molecular complexity index is 1170. The van der Waals surface area contributed by atoms with Gasteiger partial charge in [0.2, 0.25) is 0 Å². The molecule has 0 aromatic heterocycles. The molecule has 0 saturated heterocycles. The highest BCUT2D eigenvalue weighted by Gasteiger charge is 2.37. The first-order valence-corrected chi connectivity index (χ1v) is 11.4. The van der Waals surface area contributed by atoms with Gasteiger partial charge in [0.05, 0.1) is 5.56 Å². The molecule has 180 valence electrons. The summed E-state index contributed by atoms with van der Waals surface area (Å²) in [5, 5.41) is 22.7. The third-order valence-corrected chi connectivity index (χ3v) is 6.82. The summed E-state index contributed by atoms with van der Waals surface area (Å²) >= 11 is 0. The lowest BCUT2D eigenvalue weighted by molar-refractivity contribution is -0.132. The van der Waals surface area contributed by atoms with Crippen molar-refractivity contribution in [2.75, 3.05) is 6.61 Å². The molecule has 6 nitrogen and oxygen atoms in total. The largest absolute Gasteiger partial charge is 0.478 e. The Morgan fingerprint density at radius 2 is 1.50 bits per heavy atom. The highest BCUT2D eigenvalue weighted by atomic mass is 16.6. The van der Waals surface area contributed by atoms with E-state index in [2.05, 4.69) is 45.0 Å². The van der Waals surface area contributed by atoms with Crippen LogP contribution < -0.4 is 0 Å². The van der Waals surface area contributed by atoms with Crippen molar-refractivity contribution in [3.05, 3.63) is 81.4 Å². The first-order chi connectivity index (χ1) is 15.8. The Hall–Kier alpha value is -3.41. The van der Waals surface area contributed by atoms with Crippen LogP contribution in [-0.2, 0) is 20.5 Å². The fraction of sp³-hybridized carbons (Fsp3) is 0.393. The molecular weight excluding hydrogens is 430 g/mol. The number of aromatic carboxylic acids is 1. The van der Waals surface area contributed by atoms with E-state index in [0.29, 0.717) is 5.71 Å². The van der Waals surface area contributed by atoms with Crippen molar-refractivity contribution < 1.29 is 24.6 Å². The van der Waals surface area contributed by atoms with Crippen LogP contribution in [0.25, 0.3) is 0 Å². The summed E-state index contributed by atoms with van der Waals surface area (Å²) in [6.07, 6.45) is 3.65. The minimum Gasteiger partial charge on any atom is -0.478 e. The molecule has 0 radical (unpaired) electrons. The van der Waals surface area contributed by atoms with Crippen LogP contribution in [0.1, 0.15) is 85.6 Å². The van der Waals surface area contributed by atoms with Gasteiger partial charge in [0.15, 0.2) is 0 Å². The van der Waals surface area contributed by atoms with E-state index < -0.39 is 11.9 Å². The van der Waals surface area contributed by atoms with E-state index in [9.17, 15) is 14.7 Å². The lowest BCUT2D eigenvalue weighted by Crippen LogP contribution is -2.34. The molecule has 2 aromatic carbocycles. The van der Waals surface area contributed by atoms with E-state index in [1.165, 1.54) is 24.1 Å². The van der Waals surface area contributed by atoms with Crippen LogP contribution in [0, 0.1) is 6.92 Å². The van der Waals surface area contributed by atoms with Gasteiger partial charge in [0, 0.05) is 16.7 Å². The minimum atomic E-state index is -1.01. The summed E-state index contributed by atoms with van der Waals surface area (Å²) in [6.45, 7) is 12.6. The quantitative estimate of drug-likeness (QED) is 0.233. The maximum Gasteiger partial charge on any atom is 0.335 e. The molecule has 0 fully saturated rings. The smallest absolute Gasteiger partial charge is 0.335 e. The lowest BCUT2D eigenvalue weighted by atomic mass is 9.62. The van der Waals surface area contributed by atoms with E-state index in [1.54, 1.807) is 24.3 Å². The molecule has 0 unspecified atom stereocenters. The van der Waals surface area contributed by atoms with Crippen molar-refractivity contribution in [3.63, 3.8) is 0 Å². The predicted molar refractivity (Wildman–Crippen MR) is 133 cm³/mol. The second kappa shape index (κ2) is 9.45. The molecule has 0 spiro atoms. The number of aliphatic carboxylic acids is 1. The SMILES string of the molecule is C/C(=C\CO/N=C(\c1ccc(C(=O)O)cc1)c1cc2c(cc1C)C(C)(C)CCC2(C)C)C(=O)O. The standard InChI is InChI=1S/C28H33NO5/c1-17(25(30)31)11-14-34-29-24(19-7-9-20(10-8-19)26(32)33)21-16-23-22(15-18(21)2)27(3,4)12-13-28(23,5)6/h7-11,15-16H,12-14H2,1-6H3,(H,30,31)(H,32,33)/b17-11+,29-24+. The van der Waals surface area contributed by atoms with Crippen molar-refractivity contribution in [2.24, 2.45) is 5.16 Å². The number of aryl methyl sites for hydroxylation is 1. The van der Waals surface area contributed by atoms with Crippen LogP contribution in [0.3, 0.4) is 0 Å². The van der Waals surface area contributed by atoms with Crippen molar-refractivity contribution in [2.45, 2.75) is 65.2 Å². The molecule has 0 atom stereocenters. The number of oxime groups is 1. The van der Waals surface area contributed by atoms with Gasteiger partial charge in [-0.05, 0) is 78.5 Å². The van der Waals surface area contributed by atoms with E-state index in [4.69, 9.17) is 9.94 Å². The number of fused-ring (bicyclic) bond motifs is 1. The maximum absolute atomic E-state index is 11.3. The van der Waals surface area contributed by atoms with Crippen LogP contribution in [-0.4, -0.2) is 34.5 Å². The van der Waals surface area contributed by atoms with Gasteiger partial charge in [-0.3, -0.25) is 0 Å². The Morgan fingerprint density at radius 3 is 2.03 bits per heavy atom. The van der Waals surface area contributed by atoms with Crippen molar-refractivity contribution in [3.8, 4) is 0 Å². The van der Waals surface area contributed by atoms with Gasteiger partial charge < -0.3 is 15.1 Å². The number of carboxylic acid groups (broad SMARTS) is 2. The lowest BCUT2D eigenvalue weighted by Gasteiger charge is -2.42. The number of nitrogens with zero attached hydrogens (tertiary/aromatic N) is 1. The van der Waals surface area contributed by atoms with E-state index in [-0.39, 0.29) is 28.6 Å². The zero-order valence-corrected chi connectivity index (χ0v) is 20.7. The molecular formula is C28H33NO5. The fourth-order valence-corrected chi connectivity index (χ4v) is 4.36. The fourth-order valence-electron chi connectivity index (χ4n) is 4.36. The molecule has 1 aliphatic rings. The van der Waals surface area contributed by atoms with Crippen molar-refractivity contribution in [1.82, 2.24) is 0 Å². The third kappa shape index (κ3) is 5.22. The highest BCUT2D eigenvalue weighted by Crippen LogP contribution is 2.46. The zero-order valence-electron chi connectivity index (χ0n) is 20.7. The van der Waals surface area contributed by atoms with Crippen molar-refractivity contribution >= 4 is 17.7 Å². The van der Waals surface area contributed by atoms with Gasteiger partial charge in [-0.1, -0.05) is 51.0 Å². The topological polar surface area (TPSA) is 96.2 Å². The summed E-state index contributed by atoms with van der Waals surface area (Å²) in [5.74, 6) is -2.00. The second-order valence-electron chi connectivity index (χ2n) is 10.3. The Kier molecular flexibility index (Phi) is 7.01. The molecule has 3 rings (SSSR count). The average molecular weight is 464 g/mol. The van der Waals surface area contributed by atoms with Gasteiger partial charge in [-0.15, -0.1) is 0 Å². The summed E-state index contributed by atoms with van der Waals surface area (Å²) in [6, 6.07) is 11.0. The number of carbonyl (C=O) groups is 2. The number of hydrogen-bond acceptors (Lipinski definition) is 4. The van der Waals surface area contributed by atoms with Crippen LogP contribution in [0.5, 0.6) is 0 Å². The third-order valence-electron chi connectivity index (χ3n) is 6.82. The highest BCUT2D eigenvalue weighted by molar-refractivity contribution is 6.14. The Balaban J connectivity index is 2.12. The Morgan fingerprint density at radius 1 is 0.971 bits per heavy atom. The summed E-state index contributed by atoms with van der Waals surface area (Å²) in [4.78, 5) is 27.9. The number of hydrogen-bond donors (Lipinski definition) is 2. The molecule has 0 heterocycles. The van der Waals surface area contributed by atoms with Gasteiger partial charge in [-0.2, -0.15) is 0 Å². The van der Waals surface area contributed by atoms with Crippen LogP contribution in [0.15, 0.2) is 53.2 Å². The van der Waals surface area contributed by atoms with Gasteiger partial charge in [0.1, 0.15) is 12.3 Å². The van der Waals surface area contributed by atoms with Crippen molar-refractivity contribution in [1.29, 1.82) is 0 Å². The second-order valence-corrected chi connectivity index (χ2v) is 10.3. The first kappa shape index (κ1) is 25.2. The molecule has 1 aliphatic carbocycles. The van der Waals surface area contributed by atoms with E-state index in [0.717, 1.165) is 29.5 Å². The summed E-state index contributed by atoms with van der Waals surface area (Å²) < 4.78 is 0. The van der Waals surface area contributed by atoms with E-state index in [1.807, 2.05) is 6.92 Å². The zero-order chi connectivity index (χ0) is 25.3. The monoisotopic (exact) mass is 463 g/mol. The number of benzene rings is 2. The molecule has 0 saturated carbocycles. The van der Waals surface area contributed by atoms with Gasteiger partial charge >= 0.3 is 11.9 Å². The Labute approximate surface area is 201 Å². The van der Waals surface area contributed by atoms with Crippen LogP contribution in [0.2, 0.25) is 0 Å². The number of carboxylic acids is 2. The first-order valence-electron chi connectivity index (χ1n) is 11.4. The normalized spacial score (nSPS) is 17.1. The molecule has 2 N–H and O–H groups in total. The average Bonchev–Trinajstić information content (AvgIpc) is 2.77. The number of rotatable bonds is 7. The minimum absolute atomic E-state index is 0.00771. The summed E-state index contributed by atoms with van der Waals surface area (Å²) in [5.41, 5.74) is 6.33. The molecule has 0 bridgehead atoms. The maximum atomic E-state index is 11.3. The predicted octanol–water partition coefficient (Wildman–Crippen LogP) is 5.84. The van der Waals surface area contributed by atoms with E-state index >= 15 is 0 Å². The molecule has 2 aromatic rings. The van der Waals surface area contributed by atoms with Gasteiger partial charge in [-0.25, -0.2) is 9.59 Å². The summed E-state index contributed by atoms with van der Waals surface area (Å²) in [7, 11) is 0. The molecule has 6 heteroatoms. The molecule has 34 heavy (non-hydrogen) atoms. The van der Waals surface area contributed by atoms with Crippen LogP contribution >= 0.6 is 0 Å².